The van der Waals surface area contributed by atoms with Crippen molar-refractivity contribution < 1.29 is 0 Å². The van der Waals surface area contributed by atoms with Gasteiger partial charge in [-0.15, -0.1) is 11.3 Å². The molecular formula is C21H17BrN2OS2. The summed E-state index contributed by atoms with van der Waals surface area (Å²) in [6.45, 7) is 0.629. The molecule has 0 aliphatic carbocycles. The highest BCUT2D eigenvalue weighted by Crippen LogP contribution is 2.25. The maximum Gasteiger partial charge on any atom is 0.272 e. The Bertz CT molecular complexity index is 1120. The van der Waals surface area contributed by atoms with Gasteiger partial charge in [-0.2, -0.15) is 0 Å². The number of aromatic nitrogens is 2. The van der Waals surface area contributed by atoms with Crippen LogP contribution in [0.4, 0.5) is 0 Å². The summed E-state index contributed by atoms with van der Waals surface area (Å²) < 4.78 is 3.62. The van der Waals surface area contributed by atoms with Crippen LogP contribution in [0, 0.1) is 0 Å². The minimum Gasteiger partial charge on any atom is -0.286 e. The summed E-state index contributed by atoms with van der Waals surface area (Å²) in [6, 6.07) is 20.4. The molecule has 2 heterocycles. The van der Waals surface area contributed by atoms with Gasteiger partial charge in [0.1, 0.15) is 4.70 Å². The van der Waals surface area contributed by atoms with Gasteiger partial charge in [0.15, 0.2) is 5.16 Å². The lowest BCUT2D eigenvalue weighted by molar-refractivity contribution is 0.596. The van der Waals surface area contributed by atoms with Gasteiger partial charge in [0.2, 0.25) is 0 Å². The summed E-state index contributed by atoms with van der Waals surface area (Å²) >= 11 is 6.59. The Labute approximate surface area is 174 Å². The molecule has 0 aliphatic heterocycles. The average molecular weight is 457 g/mol. The molecule has 0 spiro atoms. The standard InChI is InChI=1S/C21H17BrN2OS2/c22-17-8-4-7-16(13-17)14-27-21-23-18-10-12-26-19(18)20(25)24(21)11-9-15-5-2-1-3-6-15/h1-8,10,12-13H,9,11,14H2. The first-order valence-corrected chi connectivity index (χ1v) is 11.3. The second-order valence-corrected chi connectivity index (χ2v) is 8.91. The summed E-state index contributed by atoms with van der Waals surface area (Å²) in [7, 11) is 0. The third kappa shape index (κ3) is 4.34. The first kappa shape index (κ1) is 18.5. The zero-order valence-electron chi connectivity index (χ0n) is 14.5. The number of thioether (sulfide) groups is 1. The Balaban J connectivity index is 1.64. The number of halogens is 1. The van der Waals surface area contributed by atoms with Crippen LogP contribution in [0.5, 0.6) is 0 Å². The van der Waals surface area contributed by atoms with Crippen LogP contribution >= 0.6 is 39.0 Å². The summed E-state index contributed by atoms with van der Waals surface area (Å²) in [5.74, 6) is 0.771. The fraction of sp³-hybridized carbons (Fsp3) is 0.143. The number of hydrogen-bond acceptors (Lipinski definition) is 4. The molecule has 2 aromatic heterocycles. The molecule has 4 aromatic rings. The quantitative estimate of drug-likeness (QED) is 0.273. The van der Waals surface area contributed by atoms with Crippen LogP contribution in [0.2, 0.25) is 0 Å². The number of benzene rings is 2. The summed E-state index contributed by atoms with van der Waals surface area (Å²) in [5.41, 5.74) is 3.27. The monoisotopic (exact) mass is 456 g/mol. The Hall–Kier alpha value is -1.89. The highest BCUT2D eigenvalue weighted by molar-refractivity contribution is 9.10. The first-order chi connectivity index (χ1) is 13.2. The van der Waals surface area contributed by atoms with Crippen molar-refractivity contribution in [1.29, 1.82) is 0 Å². The molecule has 4 rings (SSSR count). The lowest BCUT2D eigenvalue weighted by Crippen LogP contribution is -2.23. The Kier molecular flexibility index (Phi) is 5.76. The van der Waals surface area contributed by atoms with Crippen LogP contribution in [-0.2, 0) is 18.7 Å². The molecule has 0 radical (unpaired) electrons. The molecule has 0 unspecified atom stereocenters. The van der Waals surface area contributed by atoms with Gasteiger partial charge in [-0.3, -0.25) is 9.36 Å². The molecule has 3 nitrogen and oxygen atoms in total. The highest BCUT2D eigenvalue weighted by Gasteiger charge is 2.13. The van der Waals surface area contributed by atoms with Crippen molar-refractivity contribution in [2.45, 2.75) is 23.9 Å². The number of aryl methyl sites for hydroxylation is 1. The van der Waals surface area contributed by atoms with E-state index in [1.54, 1.807) is 11.8 Å². The molecule has 0 bridgehead atoms. The molecule has 0 saturated carbocycles. The number of hydrogen-bond donors (Lipinski definition) is 0. The topological polar surface area (TPSA) is 34.9 Å². The molecule has 6 heteroatoms. The third-order valence-corrected chi connectivity index (χ3v) is 6.69. The van der Waals surface area contributed by atoms with E-state index in [2.05, 4.69) is 40.2 Å². The SMILES string of the molecule is O=c1c2sccc2nc(SCc2cccc(Br)c2)n1CCc1ccccc1. The van der Waals surface area contributed by atoms with Crippen molar-refractivity contribution in [3.8, 4) is 0 Å². The van der Waals surface area contributed by atoms with Gasteiger partial charge in [-0.25, -0.2) is 4.98 Å². The molecule has 0 N–H and O–H groups in total. The smallest absolute Gasteiger partial charge is 0.272 e. The fourth-order valence-electron chi connectivity index (χ4n) is 2.89. The van der Waals surface area contributed by atoms with E-state index in [0.29, 0.717) is 6.54 Å². The zero-order valence-corrected chi connectivity index (χ0v) is 17.7. The summed E-state index contributed by atoms with van der Waals surface area (Å²) in [5, 5.41) is 2.71. The third-order valence-electron chi connectivity index (χ3n) is 4.25. The molecule has 0 atom stereocenters. The predicted molar refractivity (Wildman–Crippen MR) is 118 cm³/mol. The normalized spacial score (nSPS) is 11.1. The van der Waals surface area contributed by atoms with E-state index < -0.39 is 0 Å². The number of nitrogens with zero attached hydrogens (tertiary/aromatic N) is 2. The maximum atomic E-state index is 13.0. The number of rotatable bonds is 6. The largest absolute Gasteiger partial charge is 0.286 e. The van der Waals surface area contributed by atoms with Gasteiger partial charge in [-0.05, 0) is 41.1 Å². The van der Waals surface area contributed by atoms with E-state index in [0.717, 1.165) is 32.0 Å². The highest BCUT2D eigenvalue weighted by atomic mass is 79.9. The molecule has 0 fully saturated rings. The molecule has 0 saturated heterocycles. The molecule has 2 aromatic carbocycles. The van der Waals surface area contributed by atoms with Gasteiger partial charge in [0.05, 0.1) is 5.52 Å². The van der Waals surface area contributed by atoms with E-state index in [4.69, 9.17) is 4.98 Å². The zero-order chi connectivity index (χ0) is 18.6. The van der Waals surface area contributed by atoms with E-state index in [1.165, 1.54) is 22.5 Å². The Morgan fingerprint density at radius 2 is 1.85 bits per heavy atom. The van der Waals surface area contributed by atoms with E-state index >= 15 is 0 Å². The Morgan fingerprint density at radius 1 is 1.04 bits per heavy atom. The first-order valence-electron chi connectivity index (χ1n) is 8.60. The van der Waals surface area contributed by atoms with Crippen molar-refractivity contribution in [3.05, 3.63) is 92.0 Å². The second-order valence-electron chi connectivity index (χ2n) is 6.14. The average Bonchev–Trinajstić information content (AvgIpc) is 3.15. The van der Waals surface area contributed by atoms with Gasteiger partial charge < -0.3 is 0 Å². The van der Waals surface area contributed by atoms with Crippen molar-refractivity contribution in [2.75, 3.05) is 0 Å². The van der Waals surface area contributed by atoms with Crippen molar-refractivity contribution in [3.63, 3.8) is 0 Å². The van der Waals surface area contributed by atoms with Crippen molar-refractivity contribution >= 4 is 49.2 Å². The number of thiophene rings is 1. The van der Waals surface area contributed by atoms with Crippen LogP contribution in [0.15, 0.2) is 80.5 Å². The minimum absolute atomic E-state index is 0.0580. The van der Waals surface area contributed by atoms with Crippen LogP contribution < -0.4 is 5.56 Å². The van der Waals surface area contributed by atoms with E-state index in [-0.39, 0.29) is 5.56 Å². The lowest BCUT2D eigenvalue weighted by Gasteiger charge is -2.12. The summed E-state index contributed by atoms with van der Waals surface area (Å²) in [4.78, 5) is 17.8. The van der Waals surface area contributed by atoms with Gasteiger partial charge in [0, 0.05) is 16.8 Å². The maximum absolute atomic E-state index is 13.0. The number of fused-ring (bicyclic) bond motifs is 1. The predicted octanol–water partition coefficient (Wildman–Crippen LogP) is 5.76. The van der Waals surface area contributed by atoms with E-state index in [9.17, 15) is 4.79 Å². The molecule has 27 heavy (non-hydrogen) atoms. The lowest BCUT2D eigenvalue weighted by atomic mass is 10.1. The minimum atomic E-state index is 0.0580. The van der Waals surface area contributed by atoms with E-state index in [1.807, 2.05) is 46.3 Å². The molecule has 0 amide bonds. The van der Waals surface area contributed by atoms with Crippen LogP contribution in [0.3, 0.4) is 0 Å². The van der Waals surface area contributed by atoms with Crippen LogP contribution in [-0.4, -0.2) is 9.55 Å². The molecule has 0 aliphatic rings. The fourth-order valence-corrected chi connectivity index (χ4v) is 5.08. The second kappa shape index (κ2) is 8.42. The van der Waals surface area contributed by atoms with Crippen LogP contribution in [0.25, 0.3) is 10.2 Å². The molecular weight excluding hydrogens is 440 g/mol. The van der Waals surface area contributed by atoms with Gasteiger partial charge in [-0.1, -0.05) is 70.2 Å². The van der Waals surface area contributed by atoms with Crippen molar-refractivity contribution in [1.82, 2.24) is 9.55 Å². The summed E-state index contributed by atoms with van der Waals surface area (Å²) in [6.07, 6.45) is 0.809. The van der Waals surface area contributed by atoms with Gasteiger partial charge >= 0.3 is 0 Å². The molecule has 136 valence electrons. The Morgan fingerprint density at radius 3 is 2.67 bits per heavy atom. The van der Waals surface area contributed by atoms with Crippen molar-refractivity contribution in [2.24, 2.45) is 0 Å². The van der Waals surface area contributed by atoms with Crippen LogP contribution in [0.1, 0.15) is 11.1 Å². The van der Waals surface area contributed by atoms with Gasteiger partial charge in [0.25, 0.3) is 5.56 Å².